The molecule has 1 heterocycles. The zero-order chi connectivity index (χ0) is 17.3. The van der Waals surface area contributed by atoms with Gasteiger partial charge in [0.25, 0.3) is 0 Å². The van der Waals surface area contributed by atoms with E-state index in [1.807, 2.05) is 31.1 Å². The van der Waals surface area contributed by atoms with Crippen LogP contribution in [0.4, 0.5) is 0 Å². The van der Waals surface area contributed by atoms with Gasteiger partial charge in [-0.15, -0.1) is 5.10 Å². The average Bonchev–Trinajstić information content (AvgIpc) is 2.93. The molecule has 24 heavy (non-hydrogen) atoms. The molecule has 0 bridgehead atoms. The summed E-state index contributed by atoms with van der Waals surface area (Å²) in [6.45, 7) is 4.84. The van der Waals surface area contributed by atoms with E-state index in [0.717, 1.165) is 22.9 Å². The van der Waals surface area contributed by atoms with E-state index in [9.17, 15) is 5.11 Å². The Bertz CT molecular complexity index is 868. The van der Waals surface area contributed by atoms with Gasteiger partial charge in [-0.1, -0.05) is 18.2 Å². The van der Waals surface area contributed by atoms with Crippen molar-refractivity contribution in [3.05, 3.63) is 59.4 Å². The second-order valence-corrected chi connectivity index (χ2v) is 6.32. The lowest BCUT2D eigenvalue weighted by molar-refractivity contribution is 0.390. The lowest BCUT2D eigenvalue weighted by Crippen LogP contribution is -2.12. The monoisotopic (exact) mass is 322 g/mol. The third kappa shape index (κ3) is 3.31. The van der Waals surface area contributed by atoms with E-state index >= 15 is 0 Å². The first-order chi connectivity index (χ1) is 11.4. The van der Waals surface area contributed by atoms with Gasteiger partial charge in [-0.25, -0.2) is 9.67 Å². The molecule has 2 aromatic carbocycles. The summed E-state index contributed by atoms with van der Waals surface area (Å²) in [6, 6.07) is 13.3. The fourth-order valence-electron chi connectivity index (χ4n) is 2.58. The zero-order valence-electron chi connectivity index (χ0n) is 14.5. The number of aromatic hydroxyl groups is 1. The number of aromatic nitrogens is 3. The van der Waals surface area contributed by atoms with Gasteiger partial charge in [-0.05, 0) is 57.3 Å². The van der Waals surface area contributed by atoms with Crippen molar-refractivity contribution in [1.29, 1.82) is 0 Å². The predicted octanol–water partition coefficient (Wildman–Crippen LogP) is 3.32. The Hall–Kier alpha value is -2.66. The van der Waals surface area contributed by atoms with E-state index < -0.39 is 0 Å². The van der Waals surface area contributed by atoms with E-state index in [2.05, 4.69) is 37.1 Å². The molecule has 0 saturated carbocycles. The molecule has 0 aliphatic carbocycles. The molecule has 5 heteroatoms. The highest BCUT2D eigenvalue weighted by molar-refractivity contribution is 5.60. The maximum Gasteiger partial charge on any atom is 0.165 e. The average molecular weight is 322 g/mol. The molecule has 1 N–H and O–H groups in total. The number of phenolic OH excluding ortho intramolecular Hbond substituents is 1. The summed E-state index contributed by atoms with van der Waals surface area (Å²) in [7, 11) is 3.98. The van der Waals surface area contributed by atoms with Gasteiger partial charge in [0, 0.05) is 11.6 Å². The summed E-state index contributed by atoms with van der Waals surface area (Å²) in [5.41, 5.74) is 4.27. The predicted molar refractivity (Wildman–Crippen MR) is 95.3 cm³/mol. The molecule has 0 fully saturated rings. The van der Waals surface area contributed by atoms with Crippen LogP contribution in [0.2, 0.25) is 0 Å². The summed E-state index contributed by atoms with van der Waals surface area (Å²) in [6.07, 6.45) is 0. The van der Waals surface area contributed by atoms with Crippen molar-refractivity contribution in [3.63, 3.8) is 0 Å². The van der Waals surface area contributed by atoms with Crippen LogP contribution in [0.25, 0.3) is 17.1 Å². The van der Waals surface area contributed by atoms with Crippen molar-refractivity contribution in [3.8, 4) is 22.8 Å². The molecule has 0 atom stereocenters. The van der Waals surface area contributed by atoms with Gasteiger partial charge < -0.3 is 10.0 Å². The van der Waals surface area contributed by atoms with Crippen molar-refractivity contribution < 1.29 is 5.11 Å². The van der Waals surface area contributed by atoms with Crippen LogP contribution in [0, 0.1) is 13.8 Å². The number of benzene rings is 2. The third-order valence-electron chi connectivity index (χ3n) is 3.95. The number of hydrogen-bond acceptors (Lipinski definition) is 4. The maximum absolute atomic E-state index is 9.80. The van der Waals surface area contributed by atoms with Crippen molar-refractivity contribution in [2.75, 3.05) is 14.1 Å². The van der Waals surface area contributed by atoms with Crippen LogP contribution in [-0.4, -0.2) is 38.9 Å². The second-order valence-electron chi connectivity index (χ2n) is 6.32. The first-order valence-corrected chi connectivity index (χ1v) is 7.92. The molecule has 0 aliphatic heterocycles. The van der Waals surface area contributed by atoms with Crippen LogP contribution in [0.1, 0.15) is 17.0 Å². The number of nitrogens with zero attached hydrogens (tertiary/aromatic N) is 4. The summed E-state index contributed by atoms with van der Waals surface area (Å²) < 4.78 is 1.79. The molecular formula is C19H22N4O. The molecule has 0 amide bonds. The number of hydrogen-bond donors (Lipinski definition) is 1. The molecule has 0 radical (unpaired) electrons. The van der Waals surface area contributed by atoms with Gasteiger partial charge in [0.2, 0.25) is 0 Å². The lowest BCUT2D eigenvalue weighted by atomic mass is 10.1. The van der Waals surface area contributed by atoms with Gasteiger partial charge in [0.1, 0.15) is 5.75 Å². The Balaban J connectivity index is 2.15. The van der Waals surface area contributed by atoms with Gasteiger partial charge >= 0.3 is 0 Å². The summed E-state index contributed by atoms with van der Waals surface area (Å²) in [4.78, 5) is 6.76. The van der Waals surface area contributed by atoms with E-state index in [0.29, 0.717) is 6.54 Å². The summed E-state index contributed by atoms with van der Waals surface area (Å²) in [5, 5.41) is 14.4. The van der Waals surface area contributed by atoms with Crippen LogP contribution in [0.15, 0.2) is 42.5 Å². The third-order valence-corrected chi connectivity index (χ3v) is 3.95. The summed E-state index contributed by atoms with van der Waals surface area (Å²) in [5.74, 6) is 1.74. The molecular weight excluding hydrogens is 300 g/mol. The van der Waals surface area contributed by atoms with Gasteiger partial charge in [-0.3, -0.25) is 0 Å². The highest BCUT2D eigenvalue weighted by atomic mass is 16.3. The van der Waals surface area contributed by atoms with Crippen LogP contribution < -0.4 is 0 Å². The van der Waals surface area contributed by atoms with Gasteiger partial charge in [0.05, 0.1) is 12.2 Å². The molecule has 124 valence electrons. The fraction of sp³-hybridized carbons (Fsp3) is 0.263. The molecule has 0 saturated heterocycles. The zero-order valence-corrected chi connectivity index (χ0v) is 14.5. The Labute approximate surface area is 142 Å². The fourth-order valence-corrected chi connectivity index (χ4v) is 2.58. The maximum atomic E-state index is 9.80. The Kier molecular flexibility index (Phi) is 4.36. The number of rotatable bonds is 4. The van der Waals surface area contributed by atoms with Crippen LogP contribution in [0.3, 0.4) is 0 Å². The van der Waals surface area contributed by atoms with Crippen LogP contribution >= 0.6 is 0 Å². The van der Waals surface area contributed by atoms with Crippen molar-refractivity contribution in [2.24, 2.45) is 0 Å². The molecule has 5 nitrogen and oxygen atoms in total. The van der Waals surface area contributed by atoms with Gasteiger partial charge in [0.15, 0.2) is 11.6 Å². The molecule has 3 rings (SSSR count). The smallest absolute Gasteiger partial charge is 0.165 e. The molecule has 3 aromatic rings. The quantitative estimate of drug-likeness (QED) is 0.800. The second kappa shape index (κ2) is 6.45. The summed E-state index contributed by atoms with van der Waals surface area (Å²) >= 11 is 0. The minimum atomic E-state index is 0.211. The van der Waals surface area contributed by atoms with E-state index in [4.69, 9.17) is 4.98 Å². The lowest BCUT2D eigenvalue weighted by Gasteiger charge is -2.08. The highest BCUT2D eigenvalue weighted by Crippen LogP contribution is 2.25. The Morgan fingerprint density at radius 1 is 1.04 bits per heavy atom. The first-order valence-electron chi connectivity index (χ1n) is 7.92. The molecule has 0 aliphatic rings. The topological polar surface area (TPSA) is 54.2 Å². The molecule has 0 unspecified atom stereocenters. The first kappa shape index (κ1) is 16.2. The molecule has 0 spiro atoms. The minimum absolute atomic E-state index is 0.211. The normalized spacial score (nSPS) is 11.2. The van der Waals surface area contributed by atoms with Crippen molar-refractivity contribution in [2.45, 2.75) is 20.4 Å². The van der Waals surface area contributed by atoms with Crippen LogP contribution in [0.5, 0.6) is 5.75 Å². The van der Waals surface area contributed by atoms with Gasteiger partial charge in [-0.2, -0.15) is 0 Å². The number of aryl methyl sites for hydroxylation is 2. The van der Waals surface area contributed by atoms with E-state index in [1.54, 1.807) is 16.8 Å². The minimum Gasteiger partial charge on any atom is -0.508 e. The SMILES string of the molecule is Cc1ccc(-c2nc(CN(C)C)nn2-c2cccc(O)c2)cc1C. The standard InChI is InChI=1S/C19H22N4O/c1-13-8-9-15(10-14(13)2)19-20-18(12-22(3)4)21-23(19)16-6-5-7-17(24)11-16/h5-11,24H,12H2,1-4H3. The van der Waals surface area contributed by atoms with E-state index in [-0.39, 0.29) is 5.75 Å². The Morgan fingerprint density at radius 3 is 2.50 bits per heavy atom. The number of phenols is 1. The van der Waals surface area contributed by atoms with E-state index in [1.165, 1.54) is 11.1 Å². The largest absolute Gasteiger partial charge is 0.508 e. The molecule has 1 aromatic heterocycles. The van der Waals surface area contributed by atoms with Crippen LogP contribution in [-0.2, 0) is 6.54 Å². The van der Waals surface area contributed by atoms with Crippen molar-refractivity contribution >= 4 is 0 Å². The van der Waals surface area contributed by atoms with Crippen molar-refractivity contribution in [1.82, 2.24) is 19.7 Å². The highest BCUT2D eigenvalue weighted by Gasteiger charge is 2.15. The Morgan fingerprint density at radius 2 is 1.83 bits per heavy atom.